The number of furan rings is 1. The second-order valence-corrected chi connectivity index (χ2v) is 9.59. The summed E-state index contributed by atoms with van der Waals surface area (Å²) in [6, 6.07) is 13.0. The van der Waals surface area contributed by atoms with Crippen molar-refractivity contribution in [3.05, 3.63) is 69.8 Å². The summed E-state index contributed by atoms with van der Waals surface area (Å²) in [6.45, 7) is 4.08. The van der Waals surface area contributed by atoms with Gasteiger partial charge in [0.05, 0.1) is 23.8 Å². The molecule has 0 saturated carbocycles. The number of carbonyl (C=O) groups is 2. The number of carbonyl (C=O) groups excluding carboxylic acids is 2. The van der Waals surface area contributed by atoms with E-state index in [0.29, 0.717) is 39.0 Å². The van der Waals surface area contributed by atoms with Gasteiger partial charge in [-0.25, -0.2) is 9.78 Å². The molecule has 1 aromatic carbocycles. The van der Waals surface area contributed by atoms with E-state index < -0.39 is 5.97 Å². The van der Waals surface area contributed by atoms with Crippen molar-refractivity contribution in [2.75, 3.05) is 12.4 Å². The van der Waals surface area contributed by atoms with Gasteiger partial charge >= 0.3 is 5.97 Å². The maximum atomic E-state index is 13.5. The number of rotatable bonds is 4. The molecule has 168 valence electrons. The van der Waals surface area contributed by atoms with Gasteiger partial charge in [0, 0.05) is 10.3 Å². The van der Waals surface area contributed by atoms with E-state index in [9.17, 15) is 9.59 Å². The Bertz CT molecular complexity index is 1380. The summed E-state index contributed by atoms with van der Waals surface area (Å²) in [6.07, 6.45) is 2.73. The lowest BCUT2D eigenvalue weighted by atomic mass is 9.88. The molecule has 3 aromatic heterocycles. The Balaban J connectivity index is 1.58. The number of benzene rings is 1. The third kappa shape index (κ3) is 3.93. The highest BCUT2D eigenvalue weighted by atomic mass is 32.1. The maximum absolute atomic E-state index is 13.5. The molecule has 1 atom stereocenters. The second kappa shape index (κ2) is 8.48. The Morgan fingerprint density at radius 3 is 2.79 bits per heavy atom. The molecule has 1 aliphatic rings. The topological polar surface area (TPSA) is 81.4 Å². The fraction of sp³-hybridized carbons (Fsp3) is 0.269. The largest absolute Gasteiger partial charge is 0.465 e. The van der Waals surface area contributed by atoms with Crippen LogP contribution in [0.5, 0.6) is 0 Å². The van der Waals surface area contributed by atoms with Crippen molar-refractivity contribution in [1.82, 2.24) is 4.98 Å². The normalized spacial score (nSPS) is 15.3. The fourth-order valence-corrected chi connectivity index (χ4v) is 5.78. The average Bonchev–Trinajstić information content (AvgIpc) is 3.40. The molecule has 0 aliphatic heterocycles. The number of hydrogen-bond donors (Lipinski definition) is 1. The van der Waals surface area contributed by atoms with Crippen LogP contribution in [0, 0.1) is 12.8 Å². The monoisotopic (exact) mass is 460 g/mol. The molecule has 0 spiro atoms. The van der Waals surface area contributed by atoms with Gasteiger partial charge in [0.2, 0.25) is 0 Å². The number of para-hydroxylation sites is 1. The van der Waals surface area contributed by atoms with Gasteiger partial charge in [-0.05, 0) is 61.9 Å². The lowest BCUT2D eigenvalue weighted by Crippen LogP contribution is -2.16. The van der Waals surface area contributed by atoms with Crippen LogP contribution >= 0.6 is 11.3 Å². The van der Waals surface area contributed by atoms with Crippen LogP contribution in [0.2, 0.25) is 0 Å². The third-order valence-electron chi connectivity index (χ3n) is 6.08. The van der Waals surface area contributed by atoms with Crippen molar-refractivity contribution in [2.45, 2.75) is 33.1 Å². The zero-order valence-electron chi connectivity index (χ0n) is 18.7. The smallest absolute Gasteiger partial charge is 0.341 e. The van der Waals surface area contributed by atoms with Crippen molar-refractivity contribution in [3.63, 3.8) is 0 Å². The van der Waals surface area contributed by atoms with Gasteiger partial charge in [0.1, 0.15) is 16.5 Å². The third-order valence-corrected chi connectivity index (χ3v) is 7.25. The first-order valence-corrected chi connectivity index (χ1v) is 11.8. The molecular formula is C26H24N2O4S. The molecule has 1 amide bonds. The summed E-state index contributed by atoms with van der Waals surface area (Å²) in [4.78, 5) is 32.0. The number of aromatic nitrogens is 1. The van der Waals surface area contributed by atoms with E-state index >= 15 is 0 Å². The minimum absolute atomic E-state index is 0.296. The van der Waals surface area contributed by atoms with E-state index in [4.69, 9.17) is 9.15 Å². The van der Waals surface area contributed by atoms with Gasteiger partial charge in [-0.2, -0.15) is 0 Å². The van der Waals surface area contributed by atoms with Gasteiger partial charge in [-0.15, -0.1) is 11.3 Å². The van der Waals surface area contributed by atoms with Gasteiger partial charge in [0.15, 0.2) is 5.76 Å². The van der Waals surface area contributed by atoms with Crippen LogP contribution in [0.25, 0.3) is 22.4 Å². The van der Waals surface area contributed by atoms with Crippen LogP contribution in [-0.2, 0) is 17.6 Å². The predicted molar refractivity (Wildman–Crippen MR) is 129 cm³/mol. The molecule has 6 nitrogen and oxygen atoms in total. The second-order valence-electron chi connectivity index (χ2n) is 8.48. The number of anilines is 1. The SMILES string of the molecule is COC(=O)c1c(NC(=O)c2cc(-c3ccc(C)o3)nc3ccccc23)sc2c1CC[C@@H](C)C2. The zero-order chi connectivity index (χ0) is 23.1. The van der Waals surface area contributed by atoms with E-state index in [0.717, 1.165) is 40.8 Å². The predicted octanol–water partition coefficient (Wildman–Crippen LogP) is 6.03. The number of esters is 1. The quantitative estimate of drug-likeness (QED) is 0.376. The first-order chi connectivity index (χ1) is 15.9. The highest BCUT2D eigenvalue weighted by Crippen LogP contribution is 2.40. The summed E-state index contributed by atoms with van der Waals surface area (Å²) >= 11 is 1.47. The van der Waals surface area contributed by atoms with E-state index in [1.807, 2.05) is 43.3 Å². The van der Waals surface area contributed by atoms with Gasteiger partial charge in [0.25, 0.3) is 5.91 Å². The average molecular weight is 461 g/mol. The Morgan fingerprint density at radius 2 is 2.03 bits per heavy atom. The summed E-state index contributed by atoms with van der Waals surface area (Å²) in [5.41, 5.74) is 3.24. The highest BCUT2D eigenvalue weighted by molar-refractivity contribution is 7.17. The van der Waals surface area contributed by atoms with E-state index in [-0.39, 0.29) is 5.91 Å². The minimum Gasteiger partial charge on any atom is -0.465 e. The van der Waals surface area contributed by atoms with Crippen LogP contribution in [-0.4, -0.2) is 24.0 Å². The molecule has 0 bridgehead atoms. The summed E-state index contributed by atoms with van der Waals surface area (Å²) < 4.78 is 10.8. The van der Waals surface area contributed by atoms with E-state index in [2.05, 4.69) is 17.2 Å². The van der Waals surface area contributed by atoms with Gasteiger partial charge in [-0.3, -0.25) is 4.79 Å². The van der Waals surface area contributed by atoms with Gasteiger partial charge < -0.3 is 14.5 Å². The van der Waals surface area contributed by atoms with Crippen molar-refractivity contribution in [2.24, 2.45) is 5.92 Å². The highest BCUT2D eigenvalue weighted by Gasteiger charge is 2.29. The lowest BCUT2D eigenvalue weighted by Gasteiger charge is -2.18. The van der Waals surface area contributed by atoms with E-state index in [1.54, 1.807) is 6.07 Å². The molecule has 33 heavy (non-hydrogen) atoms. The number of amides is 1. The van der Waals surface area contributed by atoms with E-state index in [1.165, 1.54) is 18.4 Å². The molecule has 1 aliphatic carbocycles. The number of ether oxygens (including phenoxy) is 1. The number of nitrogens with zero attached hydrogens (tertiary/aromatic N) is 1. The molecule has 7 heteroatoms. The molecule has 0 radical (unpaired) electrons. The number of fused-ring (bicyclic) bond motifs is 2. The first kappa shape index (κ1) is 21.4. The molecule has 4 aromatic rings. The fourth-order valence-electron chi connectivity index (χ4n) is 4.39. The number of methoxy groups -OCH3 is 1. The van der Waals surface area contributed by atoms with Crippen LogP contribution < -0.4 is 5.32 Å². The van der Waals surface area contributed by atoms with Crippen LogP contribution in [0.1, 0.15) is 50.3 Å². The molecule has 0 unspecified atom stereocenters. The van der Waals surface area contributed by atoms with Crippen LogP contribution in [0.15, 0.2) is 46.9 Å². The molecule has 3 heterocycles. The van der Waals surface area contributed by atoms with Crippen molar-refractivity contribution < 1.29 is 18.7 Å². The Labute approximate surface area is 195 Å². The summed E-state index contributed by atoms with van der Waals surface area (Å²) in [5.74, 6) is 1.21. The molecule has 0 fully saturated rings. The number of thiophene rings is 1. The Morgan fingerprint density at radius 1 is 1.21 bits per heavy atom. The Kier molecular flexibility index (Phi) is 5.50. The maximum Gasteiger partial charge on any atom is 0.341 e. The first-order valence-electron chi connectivity index (χ1n) is 11.0. The van der Waals surface area contributed by atoms with Crippen LogP contribution in [0.3, 0.4) is 0 Å². The van der Waals surface area contributed by atoms with Crippen molar-refractivity contribution >= 4 is 39.1 Å². The summed E-state index contributed by atoms with van der Waals surface area (Å²) in [5, 5.41) is 4.29. The molecule has 1 N–H and O–H groups in total. The standard InChI is InChI=1S/C26H24N2O4S/c1-14-8-10-17-22(12-14)33-25(23(17)26(30)31-3)28-24(29)18-13-20(21-11-9-15(2)32-21)27-19-7-5-4-6-16(18)19/h4-7,9,11,13-14H,8,10,12H2,1-3H3,(H,28,29)/t14-/m1/s1. The molecule has 5 rings (SSSR count). The number of nitrogens with one attached hydrogen (secondary N) is 1. The minimum atomic E-state index is -0.413. The lowest BCUT2D eigenvalue weighted by molar-refractivity contribution is 0.0601. The number of hydrogen-bond acceptors (Lipinski definition) is 6. The van der Waals surface area contributed by atoms with Gasteiger partial charge in [-0.1, -0.05) is 25.1 Å². The summed E-state index contributed by atoms with van der Waals surface area (Å²) in [7, 11) is 1.37. The van der Waals surface area contributed by atoms with Crippen molar-refractivity contribution in [3.8, 4) is 11.5 Å². The Hall–Kier alpha value is -3.45. The van der Waals surface area contributed by atoms with Crippen molar-refractivity contribution in [1.29, 1.82) is 0 Å². The van der Waals surface area contributed by atoms with Crippen LogP contribution in [0.4, 0.5) is 5.00 Å². The number of aryl methyl sites for hydroxylation is 1. The number of pyridine rings is 1. The molecule has 0 saturated heterocycles. The molecular weight excluding hydrogens is 436 g/mol. The zero-order valence-corrected chi connectivity index (χ0v) is 19.5.